The van der Waals surface area contributed by atoms with Crippen LogP contribution < -0.4 is 0 Å². The smallest absolute Gasteiger partial charge is 0.199 e. The van der Waals surface area contributed by atoms with Crippen LogP contribution in [0.3, 0.4) is 0 Å². The molecule has 0 aliphatic heterocycles. The Morgan fingerprint density at radius 1 is 1.14 bits per heavy atom. The molecule has 0 aliphatic carbocycles. The minimum Gasteiger partial charge on any atom is -0.277 e. The number of nitrogens with zero attached hydrogens (tertiary/aromatic N) is 5. The van der Waals surface area contributed by atoms with Crippen LogP contribution in [-0.2, 0) is 0 Å². The Morgan fingerprint density at radius 3 is 2.81 bits per heavy atom. The van der Waals surface area contributed by atoms with Gasteiger partial charge in [-0.05, 0) is 19.9 Å². The molecule has 104 valence electrons. The largest absolute Gasteiger partial charge is 0.277 e. The van der Waals surface area contributed by atoms with Gasteiger partial charge < -0.3 is 0 Å². The maximum absolute atomic E-state index is 6.16. The summed E-state index contributed by atoms with van der Waals surface area (Å²) in [5, 5.41) is 17.1. The molecule has 7 heteroatoms. The second kappa shape index (κ2) is 4.26. The van der Waals surface area contributed by atoms with Crippen molar-refractivity contribution in [3.8, 4) is 11.5 Å². The van der Waals surface area contributed by atoms with E-state index in [1.807, 2.05) is 42.5 Å². The van der Waals surface area contributed by atoms with Crippen LogP contribution >= 0.6 is 11.6 Å². The number of aromatic amines is 1. The van der Waals surface area contributed by atoms with E-state index in [9.17, 15) is 0 Å². The van der Waals surface area contributed by atoms with Crippen molar-refractivity contribution >= 4 is 28.2 Å². The summed E-state index contributed by atoms with van der Waals surface area (Å²) in [7, 11) is 0. The number of aryl methyl sites for hydroxylation is 2. The number of para-hydroxylation sites is 1. The van der Waals surface area contributed by atoms with Gasteiger partial charge in [-0.25, -0.2) is 4.98 Å². The molecule has 0 saturated heterocycles. The first-order chi connectivity index (χ1) is 10.2. The van der Waals surface area contributed by atoms with E-state index in [4.69, 9.17) is 11.6 Å². The van der Waals surface area contributed by atoms with E-state index in [0.29, 0.717) is 16.6 Å². The van der Waals surface area contributed by atoms with Crippen LogP contribution in [-0.4, -0.2) is 29.8 Å². The number of H-pyrrole nitrogens is 1. The Labute approximate surface area is 124 Å². The highest BCUT2D eigenvalue weighted by Gasteiger charge is 2.19. The van der Waals surface area contributed by atoms with Crippen LogP contribution in [0.5, 0.6) is 0 Å². The molecule has 0 unspecified atom stereocenters. The van der Waals surface area contributed by atoms with E-state index < -0.39 is 0 Å². The highest BCUT2D eigenvalue weighted by Crippen LogP contribution is 2.28. The highest BCUT2D eigenvalue weighted by molar-refractivity contribution is 6.32. The molecule has 0 amide bonds. The number of nitrogens with one attached hydrogen (secondary N) is 1. The van der Waals surface area contributed by atoms with Gasteiger partial charge >= 0.3 is 0 Å². The van der Waals surface area contributed by atoms with Crippen molar-refractivity contribution in [2.24, 2.45) is 0 Å². The first-order valence-electron chi connectivity index (χ1n) is 6.48. The Hall–Kier alpha value is -2.47. The summed E-state index contributed by atoms with van der Waals surface area (Å²) in [6.07, 6.45) is 0. The van der Waals surface area contributed by atoms with Gasteiger partial charge in [-0.1, -0.05) is 29.8 Å². The molecule has 3 aromatic heterocycles. The van der Waals surface area contributed by atoms with E-state index in [2.05, 4.69) is 25.4 Å². The number of hydrogen-bond acceptors (Lipinski definition) is 4. The summed E-state index contributed by atoms with van der Waals surface area (Å²) in [5.41, 5.74) is 4.04. The fraction of sp³-hybridized carbons (Fsp3) is 0.143. The molecule has 0 saturated carbocycles. The molecular formula is C14H11ClN6. The third-order valence-electron chi connectivity index (χ3n) is 3.65. The molecule has 1 N–H and O–H groups in total. The summed E-state index contributed by atoms with van der Waals surface area (Å²) < 4.78 is 1.90. The second-order valence-electron chi connectivity index (χ2n) is 4.87. The molecule has 0 fully saturated rings. The van der Waals surface area contributed by atoms with Crippen LogP contribution in [0.4, 0.5) is 0 Å². The van der Waals surface area contributed by atoms with Crippen molar-refractivity contribution < 1.29 is 0 Å². The van der Waals surface area contributed by atoms with Gasteiger partial charge in [0.2, 0.25) is 0 Å². The number of rotatable bonds is 1. The fourth-order valence-electron chi connectivity index (χ4n) is 2.46. The minimum absolute atomic E-state index is 0.344. The first-order valence-corrected chi connectivity index (χ1v) is 6.86. The number of benzene rings is 1. The molecule has 0 bridgehead atoms. The van der Waals surface area contributed by atoms with E-state index >= 15 is 0 Å². The van der Waals surface area contributed by atoms with E-state index in [-0.39, 0.29) is 0 Å². The third kappa shape index (κ3) is 1.66. The first kappa shape index (κ1) is 12.3. The zero-order valence-electron chi connectivity index (χ0n) is 11.4. The lowest BCUT2D eigenvalue weighted by molar-refractivity contribution is 0.989. The van der Waals surface area contributed by atoms with Crippen LogP contribution in [0.25, 0.3) is 28.1 Å². The molecule has 21 heavy (non-hydrogen) atoms. The van der Waals surface area contributed by atoms with Crippen molar-refractivity contribution in [3.63, 3.8) is 0 Å². The number of aromatic nitrogens is 6. The fourth-order valence-corrected chi connectivity index (χ4v) is 2.71. The maximum atomic E-state index is 6.16. The van der Waals surface area contributed by atoms with Gasteiger partial charge in [-0.2, -0.15) is 5.10 Å². The summed E-state index contributed by atoms with van der Waals surface area (Å²) in [5.74, 6) is 0.660. The van der Waals surface area contributed by atoms with Crippen molar-refractivity contribution in [1.29, 1.82) is 0 Å². The molecule has 0 aliphatic rings. The third-order valence-corrected chi connectivity index (χ3v) is 3.91. The van der Waals surface area contributed by atoms with Gasteiger partial charge in [0.05, 0.1) is 11.2 Å². The average Bonchev–Trinajstić information content (AvgIpc) is 3.08. The van der Waals surface area contributed by atoms with E-state index in [1.165, 1.54) is 0 Å². The standard InChI is InChI=1S/C14H11ClN6/c1-7-8(2)21-13(19-20-14(21)12(15)16-7)11-9-5-3-4-6-10(9)17-18-11/h3-6H,1-2H3,(H,17,18). The molecule has 3 heterocycles. The Bertz CT molecular complexity index is 984. The monoisotopic (exact) mass is 298 g/mol. The van der Waals surface area contributed by atoms with Gasteiger partial charge in [0, 0.05) is 11.1 Å². The minimum atomic E-state index is 0.344. The zero-order valence-corrected chi connectivity index (χ0v) is 12.2. The predicted molar refractivity (Wildman–Crippen MR) is 80.4 cm³/mol. The van der Waals surface area contributed by atoms with Gasteiger partial charge in [-0.15, -0.1) is 10.2 Å². The molecule has 4 rings (SSSR count). The lowest BCUT2D eigenvalue weighted by Crippen LogP contribution is -2.01. The molecular weight excluding hydrogens is 288 g/mol. The lowest BCUT2D eigenvalue weighted by Gasteiger charge is -2.06. The van der Waals surface area contributed by atoms with Gasteiger partial charge in [0.1, 0.15) is 5.69 Å². The van der Waals surface area contributed by atoms with Crippen molar-refractivity contribution in [3.05, 3.63) is 40.8 Å². The van der Waals surface area contributed by atoms with Crippen molar-refractivity contribution in [2.75, 3.05) is 0 Å². The topological polar surface area (TPSA) is 71.8 Å². The second-order valence-corrected chi connectivity index (χ2v) is 5.23. The Kier molecular flexibility index (Phi) is 2.49. The van der Waals surface area contributed by atoms with Crippen LogP contribution in [0.15, 0.2) is 24.3 Å². The normalized spacial score (nSPS) is 11.6. The van der Waals surface area contributed by atoms with Crippen LogP contribution in [0.2, 0.25) is 5.15 Å². The maximum Gasteiger partial charge on any atom is 0.199 e. The van der Waals surface area contributed by atoms with Gasteiger partial charge in [0.15, 0.2) is 16.6 Å². The zero-order chi connectivity index (χ0) is 14.6. The molecule has 0 atom stereocenters. The highest BCUT2D eigenvalue weighted by atomic mass is 35.5. The average molecular weight is 299 g/mol. The Balaban J connectivity index is 2.12. The Morgan fingerprint density at radius 2 is 1.95 bits per heavy atom. The van der Waals surface area contributed by atoms with Crippen molar-refractivity contribution in [2.45, 2.75) is 13.8 Å². The lowest BCUT2D eigenvalue weighted by atomic mass is 10.2. The predicted octanol–water partition coefficient (Wildman–Crippen LogP) is 2.94. The van der Waals surface area contributed by atoms with E-state index in [1.54, 1.807) is 0 Å². The summed E-state index contributed by atoms with van der Waals surface area (Å²) >= 11 is 6.16. The molecule has 0 radical (unpaired) electrons. The van der Waals surface area contributed by atoms with Gasteiger partial charge in [-0.3, -0.25) is 9.50 Å². The van der Waals surface area contributed by atoms with E-state index in [0.717, 1.165) is 28.0 Å². The number of halogens is 1. The molecule has 0 spiro atoms. The number of fused-ring (bicyclic) bond motifs is 2. The number of hydrogen-bond donors (Lipinski definition) is 1. The van der Waals surface area contributed by atoms with Gasteiger partial charge in [0.25, 0.3) is 0 Å². The quantitative estimate of drug-likeness (QED) is 0.586. The van der Waals surface area contributed by atoms with Crippen LogP contribution in [0, 0.1) is 13.8 Å². The summed E-state index contributed by atoms with van der Waals surface area (Å²) in [6.45, 7) is 3.88. The molecule has 4 aromatic rings. The molecule has 6 nitrogen and oxygen atoms in total. The van der Waals surface area contributed by atoms with Crippen LogP contribution in [0.1, 0.15) is 11.4 Å². The SMILES string of the molecule is Cc1nc(Cl)c2nnc(-c3n[nH]c4ccccc34)n2c1C. The summed E-state index contributed by atoms with van der Waals surface area (Å²) in [4.78, 5) is 4.27. The van der Waals surface area contributed by atoms with Crippen molar-refractivity contribution in [1.82, 2.24) is 29.8 Å². The summed E-state index contributed by atoms with van der Waals surface area (Å²) in [6, 6.07) is 7.90. The molecule has 1 aromatic carbocycles.